The molecule has 0 aliphatic heterocycles. The fraction of sp³-hybridized carbons (Fsp3) is 0.500. The first kappa shape index (κ1) is 7.48. The summed E-state index contributed by atoms with van der Waals surface area (Å²) >= 11 is 0. The number of allylic oxidation sites excluding steroid dienone is 3. The quantitative estimate of drug-likeness (QED) is 0.490. The van der Waals surface area contributed by atoms with E-state index < -0.39 is 0 Å². The van der Waals surface area contributed by atoms with Crippen molar-refractivity contribution >= 4 is 0 Å². The molecule has 0 heteroatoms. The van der Waals surface area contributed by atoms with Crippen LogP contribution in [0.4, 0.5) is 0 Å². The lowest BCUT2D eigenvalue weighted by molar-refractivity contribution is 1.10. The molecular weight excluding hydrogens is 96.1 g/mol. The van der Waals surface area contributed by atoms with Gasteiger partial charge in [0.2, 0.25) is 0 Å². The van der Waals surface area contributed by atoms with E-state index in [-0.39, 0.29) is 0 Å². The molecule has 0 aliphatic carbocycles. The number of hydrogen-bond donors (Lipinski definition) is 0. The highest BCUT2D eigenvalue weighted by Gasteiger charge is 1.80. The van der Waals surface area contributed by atoms with Gasteiger partial charge in [-0.05, 0) is 12.8 Å². The minimum Gasteiger partial charge on any atom is -0.0988 e. The van der Waals surface area contributed by atoms with Gasteiger partial charge < -0.3 is 0 Å². The van der Waals surface area contributed by atoms with Gasteiger partial charge in [-0.25, -0.2) is 0 Å². The first-order valence-electron chi connectivity index (χ1n) is 3.16. The van der Waals surface area contributed by atoms with E-state index in [9.17, 15) is 0 Å². The van der Waals surface area contributed by atoms with E-state index >= 15 is 0 Å². The average molecular weight is 110 g/mol. The molecule has 0 aromatic rings. The molecule has 0 saturated heterocycles. The predicted molar refractivity (Wildman–Crippen MR) is 38.9 cm³/mol. The summed E-state index contributed by atoms with van der Waals surface area (Å²) in [7, 11) is 0. The van der Waals surface area contributed by atoms with Gasteiger partial charge in [-0.3, -0.25) is 0 Å². The monoisotopic (exact) mass is 110 g/mol. The summed E-state index contributed by atoms with van der Waals surface area (Å²) in [6.45, 7) is 7.96. The van der Waals surface area contributed by atoms with Crippen molar-refractivity contribution in [3.05, 3.63) is 24.3 Å². The Morgan fingerprint density at radius 1 is 1.50 bits per heavy atom. The van der Waals surface area contributed by atoms with Crippen molar-refractivity contribution in [1.29, 1.82) is 0 Å². The van der Waals surface area contributed by atoms with Crippen LogP contribution >= 0.6 is 0 Å². The van der Waals surface area contributed by atoms with Crippen LogP contribution in [0.15, 0.2) is 24.3 Å². The molecule has 8 heavy (non-hydrogen) atoms. The smallest absolute Gasteiger partial charge is 0.0311 e. The first-order chi connectivity index (χ1) is 3.85. The molecule has 0 radical (unpaired) electrons. The van der Waals surface area contributed by atoms with Crippen molar-refractivity contribution in [2.24, 2.45) is 0 Å². The highest BCUT2D eigenvalue weighted by Crippen LogP contribution is 2.01. The SMILES string of the molecule is C=C/C(=C/CC)CC. The zero-order valence-corrected chi connectivity index (χ0v) is 5.78. The van der Waals surface area contributed by atoms with Crippen LogP contribution in [-0.4, -0.2) is 0 Å². The third-order valence-electron chi connectivity index (χ3n) is 1.14. The molecule has 0 atom stereocenters. The molecular formula is C8H14. The molecule has 0 saturated carbocycles. The molecule has 0 bridgehead atoms. The highest BCUT2D eigenvalue weighted by atomic mass is 13.9. The van der Waals surface area contributed by atoms with Crippen LogP contribution in [0, 0.1) is 0 Å². The Kier molecular flexibility index (Phi) is 4.33. The van der Waals surface area contributed by atoms with Gasteiger partial charge in [0, 0.05) is 0 Å². The summed E-state index contributed by atoms with van der Waals surface area (Å²) in [5.41, 5.74) is 1.35. The Morgan fingerprint density at radius 3 is 2.25 bits per heavy atom. The van der Waals surface area contributed by atoms with Gasteiger partial charge in [-0.2, -0.15) is 0 Å². The van der Waals surface area contributed by atoms with E-state index in [1.54, 1.807) is 0 Å². The molecule has 0 aliphatic rings. The van der Waals surface area contributed by atoms with Crippen LogP contribution < -0.4 is 0 Å². The van der Waals surface area contributed by atoms with E-state index in [0.29, 0.717) is 0 Å². The summed E-state index contributed by atoms with van der Waals surface area (Å²) < 4.78 is 0. The third-order valence-corrected chi connectivity index (χ3v) is 1.14. The normalized spacial score (nSPS) is 11.5. The van der Waals surface area contributed by atoms with Crippen molar-refractivity contribution in [3.63, 3.8) is 0 Å². The molecule has 0 N–H and O–H groups in total. The molecule has 0 fully saturated rings. The Hall–Kier alpha value is -0.520. The van der Waals surface area contributed by atoms with Gasteiger partial charge in [0.25, 0.3) is 0 Å². The van der Waals surface area contributed by atoms with Crippen molar-refractivity contribution < 1.29 is 0 Å². The molecule has 0 amide bonds. The van der Waals surface area contributed by atoms with E-state index in [2.05, 4.69) is 26.5 Å². The van der Waals surface area contributed by atoms with E-state index in [1.807, 2.05) is 6.08 Å². The largest absolute Gasteiger partial charge is 0.0988 e. The first-order valence-corrected chi connectivity index (χ1v) is 3.16. The topological polar surface area (TPSA) is 0 Å². The zero-order valence-electron chi connectivity index (χ0n) is 5.78. The standard InChI is InChI=1S/C8H14/c1-4-7-8(5-2)6-3/h5,7H,2,4,6H2,1,3H3/b8-7-. The fourth-order valence-electron chi connectivity index (χ4n) is 0.634. The molecule has 0 spiro atoms. The molecule has 0 unspecified atom stereocenters. The third kappa shape index (κ3) is 2.62. The lowest BCUT2D eigenvalue weighted by Crippen LogP contribution is -1.70. The van der Waals surface area contributed by atoms with Gasteiger partial charge in [0.05, 0.1) is 0 Å². The highest BCUT2D eigenvalue weighted by molar-refractivity contribution is 5.14. The molecule has 0 heterocycles. The number of rotatable bonds is 3. The van der Waals surface area contributed by atoms with Crippen molar-refractivity contribution in [2.45, 2.75) is 26.7 Å². The summed E-state index contributed by atoms with van der Waals surface area (Å²) in [4.78, 5) is 0. The summed E-state index contributed by atoms with van der Waals surface area (Å²) in [6.07, 6.45) is 6.35. The fourth-order valence-corrected chi connectivity index (χ4v) is 0.634. The van der Waals surface area contributed by atoms with Gasteiger partial charge >= 0.3 is 0 Å². The Morgan fingerprint density at radius 2 is 2.12 bits per heavy atom. The Labute approximate surface area is 51.9 Å². The second kappa shape index (κ2) is 4.63. The lowest BCUT2D eigenvalue weighted by Gasteiger charge is -1.91. The van der Waals surface area contributed by atoms with Crippen LogP contribution in [0.2, 0.25) is 0 Å². The van der Waals surface area contributed by atoms with Gasteiger partial charge in [-0.1, -0.05) is 38.2 Å². The zero-order chi connectivity index (χ0) is 6.41. The minimum absolute atomic E-state index is 1.11. The maximum absolute atomic E-state index is 3.68. The van der Waals surface area contributed by atoms with Crippen LogP contribution in [0.25, 0.3) is 0 Å². The lowest BCUT2D eigenvalue weighted by atomic mass is 10.2. The van der Waals surface area contributed by atoms with Crippen molar-refractivity contribution in [2.75, 3.05) is 0 Å². The molecule has 0 rings (SSSR count). The van der Waals surface area contributed by atoms with Gasteiger partial charge in [-0.15, -0.1) is 0 Å². The average Bonchev–Trinajstić information content (AvgIpc) is 1.83. The molecule has 0 aromatic carbocycles. The second-order valence-electron chi connectivity index (χ2n) is 1.74. The van der Waals surface area contributed by atoms with Gasteiger partial charge in [0.1, 0.15) is 0 Å². The van der Waals surface area contributed by atoms with Gasteiger partial charge in [0.15, 0.2) is 0 Å². The van der Waals surface area contributed by atoms with E-state index in [0.717, 1.165) is 12.8 Å². The summed E-state index contributed by atoms with van der Waals surface area (Å²) in [5.74, 6) is 0. The van der Waals surface area contributed by atoms with E-state index in [4.69, 9.17) is 0 Å². The molecule has 0 nitrogen and oxygen atoms in total. The van der Waals surface area contributed by atoms with Crippen LogP contribution in [0.5, 0.6) is 0 Å². The maximum atomic E-state index is 3.68. The van der Waals surface area contributed by atoms with Crippen molar-refractivity contribution in [1.82, 2.24) is 0 Å². The van der Waals surface area contributed by atoms with Crippen molar-refractivity contribution in [3.8, 4) is 0 Å². The van der Waals surface area contributed by atoms with Crippen LogP contribution in [0.1, 0.15) is 26.7 Å². The predicted octanol–water partition coefficient (Wildman–Crippen LogP) is 2.92. The van der Waals surface area contributed by atoms with Crippen LogP contribution in [0.3, 0.4) is 0 Å². The summed E-state index contributed by atoms with van der Waals surface area (Å²) in [5, 5.41) is 0. The van der Waals surface area contributed by atoms with E-state index in [1.165, 1.54) is 5.57 Å². The number of hydrogen-bond acceptors (Lipinski definition) is 0. The minimum atomic E-state index is 1.11. The molecule has 46 valence electrons. The summed E-state index contributed by atoms with van der Waals surface area (Å²) in [6, 6.07) is 0. The van der Waals surface area contributed by atoms with Crippen LogP contribution in [-0.2, 0) is 0 Å². The molecule has 0 aromatic heterocycles. The second-order valence-corrected chi connectivity index (χ2v) is 1.74. The maximum Gasteiger partial charge on any atom is -0.0311 e. The Balaban J connectivity index is 3.66. The Bertz CT molecular complexity index is 88.2.